The van der Waals surface area contributed by atoms with E-state index in [9.17, 15) is 9.59 Å². The largest absolute Gasteiger partial charge is 0.480 e. The predicted octanol–water partition coefficient (Wildman–Crippen LogP) is 1.16. The van der Waals surface area contributed by atoms with Crippen LogP contribution < -0.4 is 10.6 Å². The van der Waals surface area contributed by atoms with E-state index in [1.54, 1.807) is 0 Å². The van der Waals surface area contributed by atoms with Crippen LogP contribution in [0.1, 0.15) is 20.3 Å². The van der Waals surface area contributed by atoms with Crippen molar-refractivity contribution >= 4 is 28.5 Å². The lowest BCUT2D eigenvalue weighted by Gasteiger charge is -2.16. The minimum Gasteiger partial charge on any atom is -0.480 e. The number of carboxylic acids is 1. The van der Waals surface area contributed by atoms with Gasteiger partial charge in [0.25, 0.3) is 0 Å². The molecule has 1 aromatic heterocycles. The Balaban J connectivity index is 2.49. The average molecular weight is 258 g/mol. The van der Waals surface area contributed by atoms with Gasteiger partial charge < -0.3 is 10.4 Å². The fourth-order valence-corrected chi connectivity index (χ4v) is 1.64. The van der Waals surface area contributed by atoms with Gasteiger partial charge in [-0.15, -0.1) is 5.10 Å². The first kappa shape index (κ1) is 13.4. The lowest BCUT2D eigenvalue weighted by atomic mass is 10.0. The number of amides is 2. The highest BCUT2D eigenvalue weighted by Crippen LogP contribution is 2.09. The maximum absolute atomic E-state index is 11.5. The third-order valence-corrected chi connectivity index (χ3v) is 2.49. The van der Waals surface area contributed by atoms with E-state index in [4.69, 9.17) is 5.11 Å². The van der Waals surface area contributed by atoms with Crippen molar-refractivity contribution in [3.8, 4) is 0 Å². The van der Waals surface area contributed by atoms with E-state index in [-0.39, 0.29) is 5.92 Å². The van der Waals surface area contributed by atoms with Crippen LogP contribution in [-0.2, 0) is 4.79 Å². The van der Waals surface area contributed by atoms with E-state index in [0.29, 0.717) is 11.4 Å². The fourth-order valence-electron chi connectivity index (χ4n) is 1.22. The first-order chi connectivity index (χ1) is 7.99. The van der Waals surface area contributed by atoms with Gasteiger partial charge in [0.15, 0.2) is 0 Å². The molecule has 1 aromatic rings. The van der Waals surface area contributed by atoms with E-state index in [1.807, 2.05) is 13.8 Å². The summed E-state index contributed by atoms with van der Waals surface area (Å²) >= 11 is 1.02. The summed E-state index contributed by atoms with van der Waals surface area (Å²) in [5, 5.41) is 17.8. The third-order valence-electron chi connectivity index (χ3n) is 1.91. The highest BCUT2D eigenvalue weighted by atomic mass is 32.1. The summed E-state index contributed by atoms with van der Waals surface area (Å²) in [5.41, 5.74) is 0. The number of carbonyl (C=O) groups is 2. The number of anilines is 1. The van der Waals surface area contributed by atoms with E-state index in [0.717, 1.165) is 11.5 Å². The molecule has 0 fully saturated rings. The molecular weight excluding hydrogens is 244 g/mol. The lowest BCUT2D eigenvalue weighted by molar-refractivity contribution is -0.139. The minimum absolute atomic E-state index is 0.182. The second-order valence-electron chi connectivity index (χ2n) is 3.90. The molecule has 0 saturated heterocycles. The Labute approximate surface area is 102 Å². The molecule has 0 radical (unpaired) electrons. The zero-order chi connectivity index (χ0) is 12.8. The number of carboxylic acid groups (broad SMARTS) is 1. The van der Waals surface area contributed by atoms with Crippen LogP contribution in [0.4, 0.5) is 9.80 Å². The summed E-state index contributed by atoms with van der Waals surface area (Å²) in [6.45, 7) is 3.78. The number of aromatic nitrogens is 2. The van der Waals surface area contributed by atoms with Crippen molar-refractivity contribution in [3.63, 3.8) is 0 Å². The molecule has 0 spiro atoms. The second-order valence-corrected chi connectivity index (χ2v) is 4.69. The van der Waals surface area contributed by atoms with Crippen LogP contribution in [0.2, 0.25) is 0 Å². The van der Waals surface area contributed by atoms with E-state index < -0.39 is 18.0 Å². The molecule has 17 heavy (non-hydrogen) atoms. The second kappa shape index (κ2) is 6.14. The summed E-state index contributed by atoms with van der Waals surface area (Å²) in [4.78, 5) is 22.4. The molecular formula is C9H14N4O3S. The number of carbonyl (C=O) groups excluding carboxylic acids is 1. The summed E-state index contributed by atoms with van der Waals surface area (Å²) < 4.78 is 3.57. The molecule has 2 amide bonds. The molecule has 3 N–H and O–H groups in total. The molecule has 0 bridgehead atoms. The molecule has 94 valence electrons. The summed E-state index contributed by atoms with van der Waals surface area (Å²) in [5.74, 6) is -0.863. The number of urea groups is 1. The monoisotopic (exact) mass is 258 g/mol. The Morgan fingerprint density at radius 3 is 2.71 bits per heavy atom. The number of hydrogen-bond donors (Lipinski definition) is 3. The van der Waals surface area contributed by atoms with Gasteiger partial charge in [0.1, 0.15) is 11.0 Å². The molecule has 1 atom stereocenters. The van der Waals surface area contributed by atoms with Gasteiger partial charge in [0, 0.05) is 11.5 Å². The highest BCUT2D eigenvalue weighted by Gasteiger charge is 2.21. The van der Waals surface area contributed by atoms with E-state index >= 15 is 0 Å². The van der Waals surface area contributed by atoms with Crippen LogP contribution in [0.25, 0.3) is 0 Å². The molecule has 0 saturated carbocycles. The zero-order valence-electron chi connectivity index (χ0n) is 9.51. The van der Waals surface area contributed by atoms with E-state index in [2.05, 4.69) is 20.2 Å². The molecule has 0 aliphatic heterocycles. The Kier molecular flexibility index (Phi) is 4.83. The van der Waals surface area contributed by atoms with E-state index in [1.165, 1.54) is 6.20 Å². The lowest BCUT2D eigenvalue weighted by Crippen LogP contribution is -2.43. The van der Waals surface area contributed by atoms with Crippen molar-refractivity contribution in [3.05, 3.63) is 6.20 Å². The highest BCUT2D eigenvalue weighted by molar-refractivity contribution is 7.10. The van der Waals surface area contributed by atoms with Crippen molar-refractivity contribution in [1.82, 2.24) is 14.9 Å². The summed E-state index contributed by atoms with van der Waals surface area (Å²) in [6.07, 6.45) is 1.77. The van der Waals surface area contributed by atoms with Gasteiger partial charge in [-0.25, -0.2) is 9.59 Å². The number of aliphatic carboxylic acids is 1. The van der Waals surface area contributed by atoms with Crippen LogP contribution in [0.5, 0.6) is 0 Å². The first-order valence-electron chi connectivity index (χ1n) is 5.06. The van der Waals surface area contributed by atoms with Gasteiger partial charge >= 0.3 is 12.0 Å². The Bertz CT molecular complexity index is 380. The van der Waals surface area contributed by atoms with Gasteiger partial charge in [0.2, 0.25) is 0 Å². The first-order valence-corrected chi connectivity index (χ1v) is 5.84. The molecule has 0 aliphatic rings. The SMILES string of the molecule is CC(C)CC(NC(=O)Nc1cnns1)C(=O)O. The number of nitrogens with zero attached hydrogens (tertiary/aromatic N) is 2. The number of hydrogen-bond acceptors (Lipinski definition) is 5. The predicted molar refractivity (Wildman–Crippen MR) is 62.9 cm³/mol. The van der Waals surface area contributed by atoms with Crippen LogP contribution in [0, 0.1) is 5.92 Å². The molecule has 1 rings (SSSR count). The Hall–Kier alpha value is -1.70. The minimum atomic E-state index is -1.05. The fraction of sp³-hybridized carbons (Fsp3) is 0.556. The van der Waals surface area contributed by atoms with Crippen LogP contribution in [0.15, 0.2) is 6.20 Å². The maximum Gasteiger partial charge on any atom is 0.326 e. The van der Waals surface area contributed by atoms with Crippen LogP contribution in [0.3, 0.4) is 0 Å². The van der Waals surface area contributed by atoms with Crippen LogP contribution >= 0.6 is 11.5 Å². The topological polar surface area (TPSA) is 104 Å². The van der Waals surface area contributed by atoms with Gasteiger partial charge in [-0.1, -0.05) is 18.3 Å². The normalized spacial score (nSPS) is 12.2. The van der Waals surface area contributed by atoms with Gasteiger partial charge in [-0.3, -0.25) is 5.32 Å². The maximum atomic E-state index is 11.5. The van der Waals surface area contributed by atoms with Crippen molar-refractivity contribution in [2.24, 2.45) is 5.92 Å². The van der Waals surface area contributed by atoms with Crippen molar-refractivity contribution < 1.29 is 14.7 Å². The number of nitrogens with one attached hydrogen (secondary N) is 2. The molecule has 0 aliphatic carbocycles. The summed E-state index contributed by atoms with van der Waals surface area (Å²) in [6, 6.07) is -1.46. The molecule has 1 heterocycles. The van der Waals surface area contributed by atoms with Crippen molar-refractivity contribution in [1.29, 1.82) is 0 Å². The van der Waals surface area contributed by atoms with Gasteiger partial charge in [-0.2, -0.15) is 0 Å². The quantitative estimate of drug-likeness (QED) is 0.735. The standard InChI is InChI=1S/C9H14N4O3S/c1-5(2)3-6(8(14)15)11-9(16)12-7-4-10-13-17-7/h4-6H,3H2,1-2H3,(H,14,15)(H2,11,12,16). The van der Waals surface area contributed by atoms with Crippen LogP contribution in [-0.4, -0.2) is 32.7 Å². The van der Waals surface area contributed by atoms with Crippen molar-refractivity contribution in [2.45, 2.75) is 26.3 Å². The Morgan fingerprint density at radius 2 is 2.24 bits per heavy atom. The number of rotatable bonds is 5. The third kappa shape index (κ3) is 4.77. The smallest absolute Gasteiger partial charge is 0.326 e. The molecule has 8 heteroatoms. The molecule has 0 aromatic carbocycles. The molecule has 7 nitrogen and oxygen atoms in total. The van der Waals surface area contributed by atoms with Crippen molar-refractivity contribution in [2.75, 3.05) is 5.32 Å². The van der Waals surface area contributed by atoms with Gasteiger partial charge in [-0.05, 0) is 12.3 Å². The summed E-state index contributed by atoms with van der Waals surface area (Å²) in [7, 11) is 0. The molecule has 1 unspecified atom stereocenters. The zero-order valence-corrected chi connectivity index (χ0v) is 10.3. The average Bonchev–Trinajstić information content (AvgIpc) is 2.68. The Morgan fingerprint density at radius 1 is 1.53 bits per heavy atom. The van der Waals surface area contributed by atoms with Gasteiger partial charge in [0.05, 0.1) is 6.20 Å².